The lowest BCUT2D eigenvalue weighted by Gasteiger charge is -2.35. The second-order valence-corrected chi connectivity index (χ2v) is 6.47. The van der Waals surface area contributed by atoms with Crippen molar-refractivity contribution in [2.24, 2.45) is 7.05 Å². The van der Waals surface area contributed by atoms with E-state index in [1.54, 1.807) is 23.0 Å². The van der Waals surface area contributed by atoms with E-state index >= 15 is 0 Å². The molecule has 1 fully saturated rings. The Morgan fingerprint density at radius 3 is 2.35 bits per heavy atom. The second kappa shape index (κ2) is 7.57. The molecule has 1 aliphatic heterocycles. The van der Waals surface area contributed by atoms with Gasteiger partial charge in [-0.2, -0.15) is 5.10 Å². The number of piperazine rings is 1. The largest absolute Gasteiger partial charge is 0.478 e. The number of carboxylic acid groups (broad SMARTS) is 1. The summed E-state index contributed by atoms with van der Waals surface area (Å²) in [7, 11) is 1.82. The van der Waals surface area contributed by atoms with Crippen LogP contribution in [0.3, 0.4) is 0 Å². The first-order valence-corrected chi connectivity index (χ1v) is 8.53. The fourth-order valence-corrected chi connectivity index (χ4v) is 3.09. The summed E-state index contributed by atoms with van der Waals surface area (Å²) >= 11 is 0. The number of nitrogens with zero attached hydrogens (tertiary/aromatic N) is 4. The molecule has 1 aliphatic rings. The summed E-state index contributed by atoms with van der Waals surface area (Å²) in [6, 6.07) is 6.90. The number of anilines is 2. The van der Waals surface area contributed by atoms with Crippen molar-refractivity contribution in [3.63, 3.8) is 0 Å². The third-order valence-electron chi connectivity index (χ3n) is 4.51. The Balaban J connectivity index is 1.49. The van der Waals surface area contributed by atoms with E-state index in [-0.39, 0.29) is 11.5 Å². The van der Waals surface area contributed by atoms with Gasteiger partial charge in [0.25, 0.3) is 0 Å². The zero-order valence-electron chi connectivity index (χ0n) is 15.0. The lowest BCUT2D eigenvalue weighted by atomic mass is 10.2. The minimum atomic E-state index is -0.920. The van der Waals surface area contributed by atoms with Gasteiger partial charge in [0.2, 0.25) is 5.91 Å². The van der Waals surface area contributed by atoms with Crippen LogP contribution in [0.25, 0.3) is 0 Å². The molecule has 3 rings (SSSR count). The van der Waals surface area contributed by atoms with E-state index in [0.29, 0.717) is 6.54 Å². The van der Waals surface area contributed by atoms with Crippen molar-refractivity contribution in [1.29, 1.82) is 0 Å². The van der Waals surface area contributed by atoms with Crippen molar-refractivity contribution in [1.82, 2.24) is 14.7 Å². The van der Waals surface area contributed by atoms with Gasteiger partial charge < -0.3 is 15.3 Å². The van der Waals surface area contributed by atoms with Crippen molar-refractivity contribution < 1.29 is 14.7 Å². The van der Waals surface area contributed by atoms with Crippen LogP contribution in [0.1, 0.15) is 16.1 Å². The summed E-state index contributed by atoms with van der Waals surface area (Å²) in [5, 5.41) is 16.1. The van der Waals surface area contributed by atoms with Gasteiger partial charge in [-0.3, -0.25) is 14.4 Å². The molecule has 0 bridgehead atoms. The van der Waals surface area contributed by atoms with Crippen LogP contribution in [0.15, 0.2) is 30.5 Å². The van der Waals surface area contributed by atoms with Crippen LogP contribution in [0.4, 0.5) is 11.4 Å². The maximum absolute atomic E-state index is 12.2. The number of rotatable bonds is 5. The molecule has 1 amide bonds. The molecular weight excluding hydrogens is 334 g/mol. The molecule has 2 heterocycles. The van der Waals surface area contributed by atoms with Gasteiger partial charge in [0.15, 0.2) is 0 Å². The van der Waals surface area contributed by atoms with Crippen molar-refractivity contribution in [3.8, 4) is 0 Å². The first kappa shape index (κ1) is 17.9. The highest BCUT2D eigenvalue weighted by Crippen LogP contribution is 2.18. The molecule has 0 radical (unpaired) electrons. The summed E-state index contributed by atoms with van der Waals surface area (Å²) in [5.41, 5.74) is 2.84. The molecule has 0 aliphatic carbocycles. The van der Waals surface area contributed by atoms with Gasteiger partial charge in [-0.15, -0.1) is 0 Å². The Kier molecular flexibility index (Phi) is 5.22. The van der Waals surface area contributed by atoms with Crippen LogP contribution in [0, 0.1) is 6.92 Å². The second-order valence-electron chi connectivity index (χ2n) is 6.47. The molecule has 138 valence electrons. The number of aromatic nitrogens is 2. The standard InChI is InChI=1S/C18H23N5O3/c1-13-16(11-21(2)20-13)19-17(24)12-22-7-9-23(10-8-22)15-5-3-14(4-6-15)18(25)26/h3-6,11H,7-10,12H2,1-2H3,(H,19,24)(H,25,26). The van der Waals surface area contributed by atoms with Crippen LogP contribution in [0.5, 0.6) is 0 Å². The Labute approximate surface area is 152 Å². The van der Waals surface area contributed by atoms with Gasteiger partial charge in [-0.05, 0) is 31.2 Å². The van der Waals surface area contributed by atoms with Gasteiger partial charge in [-0.1, -0.05) is 0 Å². The number of aromatic carboxylic acids is 1. The van der Waals surface area contributed by atoms with Crippen molar-refractivity contribution in [3.05, 3.63) is 41.7 Å². The van der Waals surface area contributed by atoms with E-state index in [1.165, 1.54) is 0 Å². The van der Waals surface area contributed by atoms with Crippen molar-refractivity contribution in [2.45, 2.75) is 6.92 Å². The molecule has 0 saturated carbocycles. The van der Waals surface area contributed by atoms with Gasteiger partial charge in [0.05, 0.1) is 23.5 Å². The molecule has 1 aromatic heterocycles. The number of amides is 1. The Bertz CT molecular complexity index is 792. The first-order valence-electron chi connectivity index (χ1n) is 8.53. The van der Waals surface area contributed by atoms with Gasteiger partial charge in [0, 0.05) is 45.1 Å². The first-order chi connectivity index (χ1) is 12.4. The number of hydrogen-bond donors (Lipinski definition) is 2. The van der Waals surface area contributed by atoms with E-state index in [1.807, 2.05) is 26.1 Å². The molecular formula is C18H23N5O3. The van der Waals surface area contributed by atoms with Gasteiger partial charge >= 0.3 is 5.97 Å². The Morgan fingerprint density at radius 1 is 1.15 bits per heavy atom. The predicted molar refractivity (Wildman–Crippen MR) is 98.6 cm³/mol. The molecule has 2 N–H and O–H groups in total. The Hall–Kier alpha value is -2.87. The minimum absolute atomic E-state index is 0.0413. The summed E-state index contributed by atoms with van der Waals surface area (Å²) in [4.78, 5) is 27.5. The van der Waals surface area contributed by atoms with E-state index < -0.39 is 5.97 Å². The van der Waals surface area contributed by atoms with Crippen LogP contribution in [-0.2, 0) is 11.8 Å². The number of carbonyl (C=O) groups is 2. The lowest BCUT2D eigenvalue weighted by Crippen LogP contribution is -2.48. The number of benzene rings is 1. The van der Waals surface area contributed by atoms with Crippen LogP contribution in [-0.4, -0.2) is 64.4 Å². The maximum Gasteiger partial charge on any atom is 0.335 e. The molecule has 8 heteroatoms. The van der Waals surface area contributed by atoms with E-state index in [2.05, 4.69) is 20.2 Å². The van der Waals surface area contributed by atoms with Crippen molar-refractivity contribution in [2.75, 3.05) is 42.9 Å². The number of hydrogen-bond acceptors (Lipinski definition) is 5. The van der Waals surface area contributed by atoms with Crippen LogP contribution in [0.2, 0.25) is 0 Å². The number of nitrogens with one attached hydrogen (secondary N) is 1. The molecule has 26 heavy (non-hydrogen) atoms. The summed E-state index contributed by atoms with van der Waals surface area (Å²) in [5.74, 6) is -0.961. The third-order valence-corrected chi connectivity index (χ3v) is 4.51. The average molecular weight is 357 g/mol. The highest BCUT2D eigenvalue weighted by atomic mass is 16.4. The number of carbonyl (C=O) groups excluding carboxylic acids is 1. The molecule has 2 aromatic rings. The number of aryl methyl sites for hydroxylation is 2. The normalized spacial score (nSPS) is 15.1. The topological polar surface area (TPSA) is 90.7 Å². The van der Waals surface area contributed by atoms with E-state index in [0.717, 1.165) is 43.2 Å². The van der Waals surface area contributed by atoms with Crippen molar-refractivity contribution >= 4 is 23.3 Å². The highest BCUT2D eigenvalue weighted by molar-refractivity contribution is 5.92. The Morgan fingerprint density at radius 2 is 1.81 bits per heavy atom. The highest BCUT2D eigenvalue weighted by Gasteiger charge is 2.20. The van der Waals surface area contributed by atoms with Crippen LogP contribution < -0.4 is 10.2 Å². The number of carboxylic acids is 1. The smallest absolute Gasteiger partial charge is 0.335 e. The molecule has 0 unspecified atom stereocenters. The molecule has 1 aromatic carbocycles. The lowest BCUT2D eigenvalue weighted by molar-refractivity contribution is -0.117. The zero-order chi connectivity index (χ0) is 18.7. The minimum Gasteiger partial charge on any atom is -0.478 e. The summed E-state index contributed by atoms with van der Waals surface area (Å²) < 4.78 is 1.68. The molecule has 8 nitrogen and oxygen atoms in total. The molecule has 0 atom stereocenters. The van der Waals surface area contributed by atoms with E-state index in [4.69, 9.17) is 5.11 Å². The SMILES string of the molecule is Cc1nn(C)cc1NC(=O)CN1CCN(c2ccc(C(=O)O)cc2)CC1. The zero-order valence-corrected chi connectivity index (χ0v) is 15.0. The fraction of sp³-hybridized carbons (Fsp3) is 0.389. The van der Waals surface area contributed by atoms with Gasteiger partial charge in [-0.25, -0.2) is 4.79 Å². The maximum atomic E-state index is 12.2. The van der Waals surface area contributed by atoms with E-state index in [9.17, 15) is 9.59 Å². The average Bonchev–Trinajstić information content (AvgIpc) is 2.92. The molecule has 0 spiro atoms. The molecule has 1 saturated heterocycles. The quantitative estimate of drug-likeness (QED) is 0.835. The predicted octanol–water partition coefficient (Wildman–Crippen LogP) is 1.19. The van der Waals surface area contributed by atoms with Crippen LogP contribution >= 0.6 is 0 Å². The summed E-state index contributed by atoms with van der Waals surface area (Å²) in [6.45, 7) is 5.36. The van der Waals surface area contributed by atoms with Gasteiger partial charge in [0.1, 0.15) is 0 Å². The fourth-order valence-electron chi connectivity index (χ4n) is 3.09. The monoisotopic (exact) mass is 357 g/mol. The third kappa shape index (κ3) is 4.20. The summed E-state index contributed by atoms with van der Waals surface area (Å²) in [6.07, 6.45) is 1.80.